The van der Waals surface area contributed by atoms with Crippen LogP contribution in [0.4, 0.5) is 11.4 Å². The van der Waals surface area contributed by atoms with Crippen LogP contribution >= 0.6 is 11.6 Å². The Balaban J connectivity index is 2.02. The molecule has 2 N–H and O–H groups in total. The third kappa shape index (κ3) is 3.29. The summed E-state index contributed by atoms with van der Waals surface area (Å²) < 4.78 is 0. The van der Waals surface area contributed by atoms with Gasteiger partial charge in [0.15, 0.2) is 0 Å². The molecule has 1 aliphatic rings. The van der Waals surface area contributed by atoms with Gasteiger partial charge >= 0.3 is 0 Å². The van der Waals surface area contributed by atoms with Gasteiger partial charge in [0, 0.05) is 18.6 Å². The zero-order valence-electron chi connectivity index (χ0n) is 10.5. The number of nitrogens with two attached hydrogens (primary N) is 1. The Morgan fingerprint density at radius 2 is 2.00 bits per heavy atom. The summed E-state index contributed by atoms with van der Waals surface area (Å²) in [5.74, 6) is 0.812. The number of hydrogen-bond donors (Lipinski definition) is 1. The monoisotopic (exact) mass is 252 g/mol. The van der Waals surface area contributed by atoms with Gasteiger partial charge in [-0.05, 0) is 37.0 Å². The number of hydrogen-bond acceptors (Lipinski definition) is 2. The molecule has 1 aliphatic carbocycles. The molecule has 2 nitrogen and oxygen atoms in total. The maximum Gasteiger partial charge on any atom is 0.0612 e. The number of nitrogens with zero attached hydrogens (tertiary/aromatic N) is 1. The van der Waals surface area contributed by atoms with E-state index < -0.39 is 0 Å². The lowest BCUT2D eigenvalue weighted by Gasteiger charge is -2.29. The van der Waals surface area contributed by atoms with Crippen LogP contribution in [0.2, 0.25) is 5.02 Å². The molecule has 0 unspecified atom stereocenters. The molecule has 0 spiro atoms. The highest BCUT2D eigenvalue weighted by atomic mass is 35.5. The van der Waals surface area contributed by atoms with Crippen LogP contribution in [0.1, 0.15) is 32.1 Å². The maximum atomic E-state index is 6.02. The first-order chi connectivity index (χ1) is 8.16. The minimum atomic E-state index is 0.754. The normalized spacial score (nSPS) is 17.1. The average molecular weight is 253 g/mol. The van der Waals surface area contributed by atoms with E-state index in [2.05, 4.69) is 11.9 Å². The summed E-state index contributed by atoms with van der Waals surface area (Å²) >= 11 is 6.02. The van der Waals surface area contributed by atoms with Gasteiger partial charge in [0.25, 0.3) is 0 Å². The summed E-state index contributed by atoms with van der Waals surface area (Å²) in [5.41, 5.74) is 7.87. The van der Waals surface area contributed by atoms with Gasteiger partial charge in [-0.25, -0.2) is 0 Å². The van der Waals surface area contributed by atoms with Crippen LogP contribution in [0.15, 0.2) is 18.2 Å². The molecular weight excluding hydrogens is 232 g/mol. The Bertz CT molecular complexity index is 372. The van der Waals surface area contributed by atoms with Crippen LogP contribution < -0.4 is 10.6 Å². The second-order valence-corrected chi connectivity index (χ2v) is 5.52. The Kier molecular flexibility index (Phi) is 4.16. The Labute approximate surface area is 109 Å². The van der Waals surface area contributed by atoms with Gasteiger partial charge in [-0.15, -0.1) is 0 Å². The Morgan fingerprint density at radius 1 is 1.29 bits per heavy atom. The summed E-state index contributed by atoms with van der Waals surface area (Å²) in [6.45, 7) is 1.09. The second-order valence-electron chi connectivity index (χ2n) is 5.09. The summed E-state index contributed by atoms with van der Waals surface area (Å²) in [6.07, 6.45) is 6.86. The van der Waals surface area contributed by atoms with E-state index in [0.717, 1.165) is 28.9 Å². The van der Waals surface area contributed by atoms with Crippen molar-refractivity contribution in [2.24, 2.45) is 5.92 Å². The van der Waals surface area contributed by atoms with Crippen molar-refractivity contribution >= 4 is 23.0 Å². The lowest BCUT2D eigenvalue weighted by Crippen LogP contribution is -2.27. The van der Waals surface area contributed by atoms with Gasteiger partial charge in [-0.2, -0.15) is 0 Å². The average Bonchev–Trinajstić information content (AvgIpc) is 2.33. The first kappa shape index (κ1) is 12.6. The Hall–Kier alpha value is -0.890. The second kappa shape index (κ2) is 5.63. The molecule has 0 bridgehead atoms. The fourth-order valence-electron chi connectivity index (χ4n) is 2.70. The smallest absolute Gasteiger partial charge is 0.0612 e. The van der Waals surface area contributed by atoms with Gasteiger partial charge in [-0.1, -0.05) is 30.9 Å². The molecule has 94 valence electrons. The molecule has 0 aromatic heterocycles. The molecule has 0 amide bonds. The van der Waals surface area contributed by atoms with Crippen molar-refractivity contribution in [2.45, 2.75) is 32.1 Å². The molecule has 1 aromatic rings. The molecule has 0 saturated heterocycles. The number of rotatable bonds is 3. The van der Waals surface area contributed by atoms with E-state index in [4.69, 9.17) is 17.3 Å². The molecule has 2 rings (SSSR count). The first-order valence-electron chi connectivity index (χ1n) is 6.43. The van der Waals surface area contributed by atoms with Gasteiger partial charge in [0.05, 0.1) is 11.4 Å². The van der Waals surface area contributed by atoms with Crippen LogP contribution in [0.3, 0.4) is 0 Å². The highest BCUT2D eigenvalue weighted by Gasteiger charge is 2.16. The van der Waals surface area contributed by atoms with E-state index in [1.165, 1.54) is 32.1 Å². The highest BCUT2D eigenvalue weighted by Crippen LogP contribution is 2.29. The molecule has 1 fully saturated rings. The third-order valence-corrected chi connectivity index (χ3v) is 3.90. The predicted octanol–water partition coefficient (Wildman–Crippen LogP) is 3.94. The van der Waals surface area contributed by atoms with Gasteiger partial charge in [0.1, 0.15) is 0 Å². The fourth-order valence-corrected chi connectivity index (χ4v) is 2.87. The van der Waals surface area contributed by atoms with Crippen molar-refractivity contribution in [3.05, 3.63) is 23.2 Å². The lowest BCUT2D eigenvalue weighted by molar-refractivity contribution is 0.362. The quantitative estimate of drug-likeness (QED) is 0.826. The highest BCUT2D eigenvalue weighted by molar-refractivity contribution is 6.31. The van der Waals surface area contributed by atoms with E-state index in [0.29, 0.717) is 0 Å². The van der Waals surface area contributed by atoms with Crippen LogP contribution in [-0.2, 0) is 0 Å². The number of benzene rings is 1. The minimum Gasteiger partial charge on any atom is -0.397 e. The van der Waals surface area contributed by atoms with Crippen molar-refractivity contribution < 1.29 is 0 Å². The molecule has 0 radical (unpaired) electrons. The molecule has 3 heteroatoms. The summed E-state index contributed by atoms with van der Waals surface area (Å²) in [5, 5.41) is 0.754. The van der Waals surface area contributed by atoms with Crippen molar-refractivity contribution in [3.8, 4) is 0 Å². The van der Waals surface area contributed by atoms with Crippen LogP contribution in [0.25, 0.3) is 0 Å². The SMILES string of the molecule is CN(CC1CCCCC1)c1cc(Cl)ccc1N. The molecular formula is C14H21ClN2. The van der Waals surface area contributed by atoms with E-state index in [9.17, 15) is 0 Å². The minimum absolute atomic E-state index is 0.754. The van der Waals surface area contributed by atoms with Crippen molar-refractivity contribution in [3.63, 3.8) is 0 Å². The van der Waals surface area contributed by atoms with Gasteiger partial charge < -0.3 is 10.6 Å². The van der Waals surface area contributed by atoms with Gasteiger partial charge in [-0.3, -0.25) is 0 Å². The van der Waals surface area contributed by atoms with Crippen molar-refractivity contribution in [1.29, 1.82) is 0 Å². The topological polar surface area (TPSA) is 29.3 Å². The van der Waals surface area contributed by atoms with E-state index in [-0.39, 0.29) is 0 Å². The molecule has 0 atom stereocenters. The molecule has 1 aromatic carbocycles. The van der Waals surface area contributed by atoms with E-state index in [1.54, 1.807) is 0 Å². The fraction of sp³-hybridized carbons (Fsp3) is 0.571. The van der Waals surface area contributed by atoms with Crippen molar-refractivity contribution in [2.75, 3.05) is 24.2 Å². The Morgan fingerprint density at radius 3 is 2.71 bits per heavy atom. The van der Waals surface area contributed by atoms with Crippen LogP contribution in [0, 0.1) is 5.92 Å². The van der Waals surface area contributed by atoms with Crippen molar-refractivity contribution in [1.82, 2.24) is 0 Å². The predicted molar refractivity (Wildman–Crippen MR) is 75.7 cm³/mol. The molecule has 0 heterocycles. The first-order valence-corrected chi connectivity index (χ1v) is 6.81. The number of halogens is 1. The van der Waals surface area contributed by atoms with Crippen LogP contribution in [0.5, 0.6) is 0 Å². The van der Waals surface area contributed by atoms with Gasteiger partial charge in [0.2, 0.25) is 0 Å². The zero-order valence-corrected chi connectivity index (χ0v) is 11.2. The van der Waals surface area contributed by atoms with E-state index in [1.807, 2.05) is 18.2 Å². The summed E-state index contributed by atoms with van der Waals surface area (Å²) in [4.78, 5) is 2.25. The standard InChI is InChI=1S/C14H21ClN2/c1-17(10-11-5-3-2-4-6-11)14-9-12(15)7-8-13(14)16/h7-9,11H,2-6,10,16H2,1H3. The molecule has 0 aliphatic heterocycles. The van der Waals surface area contributed by atoms with Crippen LogP contribution in [-0.4, -0.2) is 13.6 Å². The zero-order chi connectivity index (χ0) is 12.3. The largest absolute Gasteiger partial charge is 0.397 e. The van der Waals surface area contributed by atoms with E-state index >= 15 is 0 Å². The lowest BCUT2D eigenvalue weighted by atomic mass is 9.89. The number of anilines is 2. The maximum absolute atomic E-state index is 6.02. The molecule has 17 heavy (non-hydrogen) atoms. The summed E-state index contributed by atoms with van der Waals surface area (Å²) in [7, 11) is 2.11. The molecule has 1 saturated carbocycles. The number of nitrogen functional groups attached to an aromatic ring is 1. The third-order valence-electron chi connectivity index (χ3n) is 3.66. The summed E-state index contributed by atoms with van der Waals surface area (Å²) in [6, 6.07) is 5.68.